The van der Waals surface area contributed by atoms with E-state index in [4.69, 9.17) is 4.74 Å². The number of aromatic nitrogens is 4. The van der Waals surface area contributed by atoms with E-state index in [0.29, 0.717) is 12.6 Å². The quantitative estimate of drug-likeness (QED) is 0.795. The number of ether oxygens (including phenoxy) is 1. The van der Waals surface area contributed by atoms with Gasteiger partial charge in [0.05, 0.1) is 18.3 Å². The fourth-order valence-corrected chi connectivity index (χ4v) is 3.31. The summed E-state index contributed by atoms with van der Waals surface area (Å²) in [6, 6.07) is 4.34. The van der Waals surface area contributed by atoms with Crippen molar-refractivity contribution in [1.29, 1.82) is 0 Å². The van der Waals surface area contributed by atoms with Gasteiger partial charge < -0.3 is 19.9 Å². The van der Waals surface area contributed by atoms with E-state index in [2.05, 4.69) is 49.1 Å². The maximum atomic E-state index is 5.59. The predicted octanol–water partition coefficient (Wildman–Crippen LogP) is 1.34. The maximum absolute atomic E-state index is 5.59. The molecule has 0 saturated carbocycles. The van der Waals surface area contributed by atoms with E-state index in [1.807, 2.05) is 19.1 Å². The summed E-state index contributed by atoms with van der Waals surface area (Å²) in [6.07, 6.45) is 4.42. The summed E-state index contributed by atoms with van der Waals surface area (Å²) >= 11 is 0. The third kappa shape index (κ3) is 4.64. The van der Waals surface area contributed by atoms with Gasteiger partial charge in [0.15, 0.2) is 0 Å². The number of rotatable bonds is 7. The smallest absolute Gasteiger partial charge is 0.134 e. The molecule has 2 aromatic rings. The fourth-order valence-electron chi connectivity index (χ4n) is 3.31. The largest absolute Gasteiger partial charge is 0.380 e. The highest BCUT2D eigenvalue weighted by atomic mass is 16.5. The topological polar surface area (TPSA) is 79.3 Å². The molecule has 8 heteroatoms. The van der Waals surface area contributed by atoms with Crippen LogP contribution in [0.15, 0.2) is 24.8 Å². The van der Waals surface area contributed by atoms with Crippen molar-refractivity contribution >= 4 is 11.6 Å². The number of hydrogen-bond donors (Lipinski definition) is 1. The summed E-state index contributed by atoms with van der Waals surface area (Å²) in [5, 5.41) is 3.32. The Kier molecular flexibility index (Phi) is 5.95. The highest BCUT2D eigenvalue weighted by Crippen LogP contribution is 2.27. The van der Waals surface area contributed by atoms with Gasteiger partial charge in [-0.3, -0.25) is 0 Å². The summed E-state index contributed by atoms with van der Waals surface area (Å²) in [5.41, 5.74) is 1.89. The SMILES string of the molecule is CO[C@H]1C[C@@H](CN(C)C)N(c2cc(NCc3cc(C)ncn3)ncn2)C1. The zero-order valence-electron chi connectivity index (χ0n) is 15.9. The van der Waals surface area contributed by atoms with Gasteiger partial charge >= 0.3 is 0 Å². The number of nitrogens with one attached hydrogen (secondary N) is 1. The zero-order chi connectivity index (χ0) is 18.5. The normalized spacial score (nSPS) is 20.0. The minimum atomic E-state index is 0.232. The Labute approximate surface area is 154 Å². The highest BCUT2D eigenvalue weighted by molar-refractivity contribution is 5.50. The van der Waals surface area contributed by atoms with Crippen LogP contribution in [0.3, 0.4) is 0 Å². The summed E-state index contributed by atoms with van der Waals surface area (Å²) in [7, 11) is 5.96. The van der Waals surface area contributed by atoms with Crippen molar-refractivity contribution in [1.82, 2.24) is 24.8 Å². The number of anilines is 2. The molecule has 2 aromatic heterocycles. The van der Waals surface area contributed by atoms with E-state index < -0.39 is 0 Å². The molecule has 0 unspecified atom stereocenters. The number of aryl methyl sites for hydroxylation is 1. The van der Waals surface area contributed by atoms with Gasteiger partial charge in [-0.25, -0.2) is 19.9 Å². The Hall–Kier alpha value is -2.32. The van der Waals surface area contributed by atoms with Crippen LogP contribution in [0, 0.1) is 6.92 Å². The average Bonchev–Trinajstić information content (AvgIpc) is 3.02. The molecule has 1 saturated heterocycles. The van der Waals surface area contributed by atoms with Crippen LogP contribution in [0.5, 0.6) is 0 Å². The zero-order valence-corrected chi connectivity index (χ0v) is 15.9. The second kappa shape index (κ2) is 8.37. The minimum absolute atomic E-state index is 0.232. The Morgan fingerprint density at radius 3 is 2.73 bits per heavy atom. The number of nitrogens with zero attached hydrogens (tertiary/aromatic N) is 6. The molecule has 1 aliphatic heterocycles. The van der Waals surface area contributed by atoms with Crippen LogP contribution < -0.4 is 10.2 Å². The second-order valence-electron chi connectivity index (χ2n) is 6.93. The van der Waals surface area contributed by atoms with Crippen LogP contribution in [0.25, 0.3) is 0 Å². The lowest BCUT2D eigenvalue weighted by molar-refractivity contribution is 0.117. The highest BCUT2D eigenvalue weighted by Gasteiger charge is 2.33. The van der Waals surface area contributed by atoms with E-state index in [9.17, 15) is 0 Å². The molecule has 0 bridgehead atoms. The second-order valence-corrected chi connectivity index (χ2v) is 6.93. The van der Waals surface area contributed by atoms with Crippen LogP contribution in [0.1, 0.15) is 17.8 Å². The monoisotopic (exact) mass is 357 g/mol. The molecule has 1 aliphatic rings. The van der Waals surface area contributed by atoms with Crippen LogP contribution in [-0.2, 0) is 11.3 Å². The lowest BCUT2D eigenvalue weighted by Gasteiger charge is -2.27. The first-order valence-corrected chi connectivity index (χ1v) is 8.82. The van der Waals surface area contributed by atoms with Gasteiger partial charge in [0.1, 0.15) is 24.3 Å². The van der Waals surface area contributed by atoms with Gasteiger partial charge in [0.2, 0.25) is 0 Å². The van der Waals surface area contributed by atoms with E-state index in [-0.39, 0.29) is 6.10 Å². The van der Waals surface area contributed by atoms with Crippen molar-refractivity contribution in [3.63, 3.8) is 0 Å². The van der Waals surface area contributed by atoms with Gasteiger partial charge in [-0.05, 0) is 33.5 Å². The maximum Gasteiger partial charge on any atom is 0.134 e. The summed E-state index contributed by atoms with van der Waals surface area (Å²) < 4.78 is 5.59. The van der Waals surface area contributed by atoms with Gasteiger partial charge in [0.25, 0.3) is 0 Å². The standard InChI is InChI=1S/C18H27N7O/c1-13-5-14(21-11-20-13)8-19-17-7-18(23-12-22-17)25-10-16(26-4)6-15(25)9-24(2)3/h5,7,11-12,15-16H,6,8-10H2,1-4H3,(H,19,22,23)/t15-,16-/m0/s1. The molecule has 3 rings (SSSR count). The first-order valence-electron chi connectivity index (χ1n) is 8.82. The van der Waals surface area contributed by atoms with Crippen molar-refractivity contribution in [2.24, 2.45) is 0 Å². The van der Waals surface area contributed by atoms with Crippen molar-refractivity contribution in [2.75, 3.05) is 44.5 Å². The van der Waals surface area contributed by atoms with Gasteiger partial charge in [-0.2, -0.15) is 0 Å². The van der Waals surface area contributed by atoms with Crippen molar-refractivity contribution < 1.29 is 4.74 Å². The van der Waals surface area contributed by atoms with Crippen LogP contribution in [0.2, 0.25) is 0 Å². The minimum Gasteiger partial charge on any atom is -0.380 e. The first kappa shape index (κ1) is 18.5. The van der Waals surface area contributed by atoms with Crippen molar-refractivity contribution in [3.8, 4) is 0 Å². The van der Waals surface area contributed by atoms with E-state index in [1.165, 1.54) is 0 Å². The molecule has 0 aromatic carbocycles. The lowest BCUT2D eigenvalue weighted by atomic mass is 10.2. The lowest BCUT2D eigenvalue weighted by Crippen LogP contribution is -2.38. The third-order valence-electron chi connectivity index (χ3n) is 4.54. The molecule has 0 amide bonds. The van der Waals surface area contributed by atoms with Gasteiger partial charge in [-0.1, -0.05) is 0 Å². The molecule has 140 valence electrons. The van der Waals surface area contributed by atoms with Crippen molar-refractivity contribution in [3.05, 3.63) is 36.2 Å². The Morgan fingerprint density at radius 1 is 1.19 bits per heavy atom. The molecular formula is C18H27N7O. The summed E-state index contributed by atoms with van der Waals surface area (Å²) in [4.78, 5) is 21.7. The van der Waals surface area contributed by atoms with Gasteiger partial charge in [0, 0.05) is 38.0 Å². The Bertz CT molecular complexity index is 724. The first-order chi connectivity index (χ1) is 12.5. The molecular weight excluding hydrogens is 330 g/mol. The molecule has 0 spiro atoms. The van der Waals surface area contributed by atoms with E-state index in [1.54, 1.807) is 19.8 Å². The van der Waals surface area contributed by atoms with E-state index >= 15 is 0 Å². The summed E-state index contributed by atoms with van der Waals surface area (Å²) in [5.74, 6) is 1.71. The predicted molar refractivity (Wildman–Crippen MR) is 101 cm³/mol. The molecule has 0 radical (unpaired) electrons. The molecule has 1 N–H and O–H groups in total. The molecule has 8 nitrogen and oxygen atoms in total. The molecule has 26 heavy (non-hydrogen) atoms. The number of likely N-dealkylation sites (N-methyl/N-ethyl adjacent to an activating group) is 1. The fraction of sp³-hybridized carbons (Fsp3) is 0.556. The van der Waals surface area contributed by atoms with Crippen LogP contribution >= 0.6 is 0 Å². The third-order valence-corrected chi connectivity index (χ3v) is 4.54. The Balaban J connectivity index is 1.71. The molecule has 2 atom stereocenters. The average molecular weight is 357 g/mol. The molecule has 3 heterocycles. The van der Waals surface area contributed by atoms with Gasteiger partial charge in [-0.15, -0.1) is 0 Å². The molecule has 0 aliphatic carbocycles. The van der Waals surface area contributed by atoms with E-state index in [0.717, 1.165) is 42.5 Å². The van der Waals surface area contributed by atoms with Crippen molar-refractivity contribution in [2.45, 2.75) is 32.0 Å². The number of methoxy groups -OCH3 is 1. The number of hydrogen-bond acceptors (Lipinski definition) is 8. The molecule has 1 fully saturated rings. The summed E-state index contributed by atoms with van der Waals surface area (Å²) in [6.45, 7) is 4.36. The van der Waals surface area contributed by atoms with Crippen LogP contribution in [0.4, 0.5) is 11.6 Å². The Morgan fingerprint density at radius 2 is 2.00 bits per heavy atom. The van der Waals surface area contributed by atoms with Crippen LogP contribution in [-0.4, -0.2) is 71.3 Å².